The fourth-order valence-corrected chi connectivity index (χ4v) is 2.85. The van der Waals surface area contributed by atoms with Crippen molar-refractivity contribution in [2.24, 2.45) is 0 Å². The van der Waals surface area contributed by atoms with Crippen LogP contribution in [0.2, 0.25) is 0 Å². The van der Waals surface area contributed by atoms with Gasteiger partial charge in [0.15, 0.2) is 11.5 Å². The van der Waals surface area contributed by atoms with Gasteiger partial charge in [-0.2, -0.15) is 5.10 Å². The molecule has 1 aromatic heterocycles. The van der Waals surface area contributed by atoms with Gasteiger partial charge in [0.25, 0.3) is 5.91 Å². The van der Waals surface area contributed by atoms with Crippen LogP contribution < -0.4 is 14.8 Å². The van der Waals surface area contributed by atoms with Crippen LogP contribution in [-0.2, 0) is 0 Å². The summed E-state index contributed by atoms with van der Waals surface area (Å²) in [5.41, 5.74) is 4.02. The number of carbonyl (C=O) groups excluding carboxylic acids is 1. The number of aryl methyl sites for hydroxylation is 2. The predicted molar refractivity (Wildman–Crippen MR) is 93.6 cm³/mol. The molecule has 0 atom stereocenters. The van der Waals surface area contributed by atoms with Crippen molar-refractivity contribution in [2.75, 3.05) is 12.1 Å². The molecule has 1 aliphatic heterocycles. The van der Waals surface area contributed by atoms with Gasteiger partial charge in [0, 0.05) is 23.0 Å². The summed E-state index contributed by atoms with van der Waals surface area (Å²) in [5.74, 6) is 1.13. The van der Waals surface area contributed by atoms with Crippen LogP contribution in [-0.4, -0.2) is 22.5 Å². The molecule has 2 heterocycles. The summed E-state index contributed by atoms with van der Waals surface area (Å²) < 4.78 is 12.4. The van der Waals surface area contributed by atoms with Crippen LogP contribution in [0.1, 0.15) is 21.7 Å². The van der Waals surface area contributed by atoms with Gasteiger partial charge in [-0.25, -0.2) is 4.68 Å². The average Bonchev–Trinajstić information content (AvgIpc) is 3.20. The fourth-order valence-electron chi connectivity index (χ4n) is 2.85. The third kappa shape index (κ3) is 2.94. The first-order valence-electron chi connectivity index (χ1n) is 7.95. The van der Waals surface area contributed by atoms with Crippen LogP contribution in [0.15, 0.2) is 48.5 Å². The van der Waals surface area contributed by atoms with E-state index in [2.05, 4.69) is 10.4 Å². The summed E-state index contributed by atoms with van der Waals surface area (Å²) in [5, 5.41) is 7.34. The Hall–Kier alpha value is -3.28. The van der Waals surface area contributed by atoms with E-state index in [1.54, 1.807) is 24.3 Å². The Labute approximate surface area is 145 Å². The molecule has 0 bridgehead atoms. The maximum absolute atomic E-state index is 12.6. The molecule has 4 rings (SSSR count). The topological polar surface area (TPSA) is 65.4 Å². The molecule has 0 radical (unpaired) electrons. The van der Waals surface area contributed by atoms with Crippen molar-refractivity contribution in [3.05, 3.63) is 65.5 Å². The molecule has 0 fully saturated rings. The Bertz CT molecular complexity index is 962. The number of rotatable bonds is 3. The Morgan fingerprint density at radius 1 is 1.08 bits per heavy atom. The maximum Gasteiger partial charge on any atom is 0.255 e. The van der Waals surface area contributed by atoms with Crippen LogP contribution in [0.4, 0.5) is 5.69 Å². The molecule has 25 heavy (non-hydrogen) atoms. The second-order valence-corrected chi connectivity index (χ2v) is 5.91. The van der Waals surface area contributed by atoms with Crippen molar-refractivity contribution in [1.29, 1.82) is 0 Å². The van der Waals surface area contributed by atoms with E-state index < -0.39 is 0 Å². The molecule has 2 aromatic carbocycles. The number of hydrogen-bond donors (Lipinski definition) is 1. The number of hydrogen-bond acceptors (Lipinski definition) is 4. The highest BCUT2D eigenvalue weighted by Gasteiger charge is 2.15. The van der Waals surface area contributed by atoms with Crippen LogP contribution in [0, 0.1) is 13.8 Å². The smallest absolute Gasteiger partial charge is 0.255 e. The van der Waals surface area contributed by atoms with Gasteiger partial charge in [0.2, 0.25) is 6.79 Å². The molecule has 0 aliphatic carbocycles. The number of ether oxygens (including phenoxy) is 2. The van der Waals surface area contributed by atoms with E-state index >= 15 is 0 Å². The van der Waals surface area contributed by atoms with E-state index in [1.165, 1.54) is 0 Å². The van der Waals surface area contributed by atoms with E-state index in [4.69, 9.17) is 9.47 Å². The Morgan fingerprint density at radius 3 is 2.72 bits per heavy atom. The van der Waals surface area contributed by atoms with Crippen LogP contribution >= 0.6 is 0 Å². The number of aromatic nitrogens is 2. The van der Waals surface area contributed by atoms with E-state index in [1.807, 2.05) is 42.8 Å². The molecular weight excluding hydrogens is 318 g/mol. The van der Waals surface area contributed by atoms with Crippen molar-refractivity contribution in [3.8, 4) is 17.2 Å². The summed E-state index contributed by atoms with van der Waals surface area (Å²) >= 11 is 0. The number of fused-ring (bicyclic) bond motifs is 1. The largest absolute Gasteiger partial charge is 0.454 e. The number of anilines is 1. The summed E-state index contributed by atoms with van der Waals surface area (Å²) in [6.07, 6.45) is 0. The minimum atomic E-state index is -0.192. The van der Waals surface area contributed by atoms with Crippen LogP contribution in [0.3, 0.4) is 0 Å². The summed E-state index contributed by atoms with van der Waals surface area (Å²) in [6.45, 7) is 4.14. The third-order valence-corrected chi connectivity index (χ3v) is 3.99. The number of nitrogens with one attached hydrogen (secondary N) is 1. The van der Waals surface area contributed by atoms with Crippen LogP contribution in [0.25, 0.3) is 5.69 Å². The van der Waals surface area contributed by atoms with Crippen molar-refractivity contribution in [1.82, 2.24) is 9.78 Å². The van der Waals surface area contributed by atoms with Gasteiger partial charge in [-0.1, -0.05) is 6.07 Å². The minimum Gasteiger partial charge on any atom is -0.454 e. The van der Waals surface area contributed by atoms with Crippen molar-refractivity contribution >= 4 is 11.6 Å². The molecule has 0 saturated heterocycles. The highest BCUT2D eigenvalue weighted by atomic mass is 16.7. The quantitative estimate of drug-likeness (QED) is 0.796. The molecule has 0 spiro atoms. The highest BCUT2D eigenvalue weighted by molar-refractivity contribution is 6.04. The molecule has 1 aliphatic rings. The van der Waals surface area contributed by atoms with Crippen molar-refractivity contribution < 1.29 is 14.3 Å². The Balaban J connectivity index is 1.58. The standard InChI is InChI=1S/C19H17N3O3/c1-12-8-13(2)22(21-12)16-5-3-4-14(9-16)19(23)20-15-6-7-17-18(10-15)25-11-24-17/h3-10H,11H2,1-2H3,(H,20,23). The SMILES string of the molecule is Cc1cc(C)n(-c2cccc(C(=O)Nc3ccc4c(c3)OCO4)c2)n1. The molecule has 126 valence electrons. The first-order valence-corrected chi connectivity index (χ1v) is 7.95. The lowest BCUT2D eigenvalue weighted by Gasteiger charge is -2.09. The van der Waals surface area contributed by atoms with Crippen molar-refractivity contribution in [2.45, 2.75) is 13.8 Å². The van der Waals surface area contributed by atoms with E-state index in [9.17, 15) is 4.79 Å². The van der Waals surface area contributed by atoms with Gasteiger partial charge in [-0.05, 0) is 50.2 Å². The van der Waals surface area contributed by atoms with Gasteiger partial charge >= 0.3 is 0 Å². The fraction of sp³-hybridized carbons (Fsp3) is 0.158. The average molecular weight is 335 g/mol. The van der Waals surface area contributed by atoms with Gasteiger partial charge in [-0.15, -0.1) is 0 Å². The van der Waals surface area contributed by atoms with Gasteiger partial charge in [0.05, 0.1) is 11.4 Å². The van der Waals surface area contributed by atoms with E-state index in [0.717, 1.165) is 17.1 Å². The van der Waals surface area contributed by atoms with Crippen molar-refractivity contribution in [3.63, 3.8) is 0 Å². The number of nitrogens with zero attached hydrogens (tertiary/aromatic N) is 2. The number of amides is 1. The molecule has 3 aromatic rings. The van der Waals surface area contributed by atoms with E-state index in [0.29, 0.717) is 22.7 Å². The van der Waals surface area contributed by atoms with E-state index in [-0.39, 0.29) is 12.7 Å². The molecule has 1 amide bonds. The zero-order valence-electron chi connectivity index (χ0n) is 13.9. The lowest BCUT2D eigenvalue weighted by molar-refractivity contribution is 0.102. The van der Waals surface area contributed by atoms with Gasteiger partial charge in [0.1, 0.15) is 0 Å². The Morgan fingerprint density at radius 2 is 1.92 bits per heavy atom. The van der Waals surface area contributed by atoms with Gasteiger partial charge in [-0.3, -0.25) is 4.79 Å². The normalized spacial score (nSPS) is 12.2. The summed E-state index contributed by atoms with van der Waals surface area (Å²) in [7, 11) is 0. The molecular formula is C19H17N3O3. The molecule has 0 unspecified atom stereocenters. The first kappa shape index (κ1) is 15.3. The van der Waals surface area contributed by atoms with Crippen LogP contribution in [0.5, 0.6) is 11.5 Å². The zero-order valence-corrected chi connectivity index (χ0v) is 13.9. The third-order valence-electron chi connectivity index (χ3n) is 3.99. The Kier molecular flexibility index (Phi) is 3.65. The predicted octanol–water partition coefficient (Wildman–Crippen LogP) is 3.47. The second kappa shape index (κ2) is 5.98. The second-order valence-electron chi connectivity index (χ2n) is 5.91. The zero-order chi connectivity index (χ0) is 17.4. The number of benzene rings is 2. The molecule has 6 heteroatoms. The summed E-state index contributed by atoms with van der Waals surface area (Å²) in [6, 6.07) is 14.7. The van der Waals surface area contributed by atoms with Gasteiger partial charge < -0.3 is 14.8 Å². The lowest BCUT2D eigenvalue weighted by Crippen LogP contribution is -2.12. The highest BCUT2D eigenvalue weighted by Crippen LogP contribution is 2.34. The lowest BCUT2D eigenvalue weighted by atomic mass is 10.1. The number of carbonyl (C=O) groups is 1. The summed E-state index contributed by atoms with van der Waals surface area (Å²) in [4.78, 5) is 12.6. The minimum absolute atomic E-state index is 0.192. The molecule has 1 N–H and O–H groups in total. The monoisotopic (exact) mass is 335 g/mol. The first-order chi connectivity index (χ1) is 12.1. The molecule has 6 nitrogen and oxygen atoms in total. The molecule has 0 saturated carbocycles. The maximum atomic E-state index is 12.6.